The summed E-state index contributed by atoms with van der Waals surface area (Å²) in [5, 5.41) is 0.531. The van der Waals surface area contributed by atoms with Crippen LogP contribution in [0.4, 0.5) is 0 Å². The molecule has 0 fully saturated rings. The number of fused-ring (bicyclic) bond motifs is 1. The number of hydrogen-bond donors (Lipinski definition) is 0. The number of allylic oxidation sites excluding steroid dienone is 1. The molecule has 0 saturated heterocycles. The molecule has 0 amide bonds. The summed E-state index contributed by atoms with van der Waals surface area (Å²) in [5.74, 6) is -0.626. The van der Waals surface area contributed by atoms with Crippen molar-refractivity contribution >= 4 is 41.0 Å². The van der Waals surface area contributed by atoms with Crippen molar-refractivity contribution in [1.29, 1.82) is 0 Å². The summed E-state index contributed by atoms with van der Waals surface area (Å²) in [5.41, 5.74) is 2.50. The molecule has 0 N–H and O–H groups in total. The number of esters is 2. The lowest BCUT2D eigenvalue weighted by atomic mass is 9.96. The molecule has 7 nitrogen and oxygen atoms in total. The monoisotopic (exact) mass is 558 g/mol. The van der Waals surface area contributed by atoms with Crippen molar-refractivity contribution in [3.8, 4) is 5.75 Å². The number of nitrogens with zero attached hydrogens (tertiary/aromatic N) is 2. The summed E-state index contributed by atoms with van der Waals surface area (Å²) in [7, 11) is 0. The number of carbonyl (C=O) groups is 2. The van der Waals surface area contributed by atoms with Crippen molar-refractivity contribution in [2.24, 2.45) is 4.99 Å². The zero-order chi connectivity index (χ0) is 27.5. The molecule has 1 atom stereocenters. The zero-order valence-electron chi connectivity index (χ0n) is 21.1. The maximum Gasteiger partial charge on any atom is 0.343 e. The van der Waals surface area contributed by atoms with Crippen molar-refractivity contribution in [2.45, 2.75) is 19.9 Å². The molecule has 0 aliphatic carbocycles. The van der Waals surface area contributed by atoms with Gasteiger partial charge in [-0.15, -0.1) is 0 Å². The fraction of sp³-hybridized carbons (Fsp3) is 0.133. The fourth-order valence-corrected chi connectivity index (χ4v) is 5.45. The van der Waals surface area contributed by atoms with Gasteiger partial charge in [-0.05, 0) is 67.4 Å². The quantitative estimate of drug-likeness (QED) is 0.253. The second-order valence-electron chi connectivity index (χ2n) is 8.68. The highest BCUT2D eigenvalue weighted by molar-refractivity contribution is 7.07. The lowest BCUT2D eigenvalue weighted by Crippen LogP contribution is -2.39. The van der Waals surface area contributed by atoms with E-state index in [-0.39, 0.29) is 12.2 Å². The van der Waals surface area contributed by atoms with E-state index in [1.54, 1.807) is 73.0 Å². The molecular weight excluding hydrogens is 536 g/mol. The normalized spacial score (nSPS) is 14.9. The number of hydrogen-bond acceptors (Lipinski definition) is 7. The van der Waals surface area contributed by atoms with Crippen LogP contribution in [0.5, 0.6) is 5.75 Å². The number of rotatable bonds is 6. The van der Waals surface area contributed by atoms with Gasteiger partial charge in [-0.1, -0.05) is 65.4 Å². The van der Waals surface area contributed by atoms with Crippen LogP contribution in [0.15, 0.2) is 99.9 Å². The van der Waals surface area contributed by atoms with Crippen molar-refractivity contribution in [3.05, 3.63) is 132 Å². The van der Waals surface area contributed by atoms with Crippen LogP contribution in [-0.2, 0) is 9.53 Å². The van der Waals surface area contributed by atoms with Gasteiger partial charge in [0.25, 0.3) is 5.56 Å². The molecule has 1 aliphatic heterocycles. The lowest BCUT2D eigenvalue weighted by molar-refractivity contribution is -0.139. The van der Waals surface area contributed by atoms with Gasteiger partial charge >= 0.3 is 11.9 Å². The smallest absolute Gasteiger partial charge is 0.343 e. The van der Waals surface area contributed by atoms with Crippen molar-refractivity contribution in [2.75, 3.05) is 6.61 Å². The predicted octanol–water partition coefficient (Wildman–Crippen LogP) is 4.67. The molecule has 0 unspecified atom stereocenters. The summed E-state index contributed by atoms with van der Waals surface area (Å²) >= 11 is 7.12. The SMILES string of the molecule is CCOC(=O)C1=C(C)N=c2sc(=Cc3ccc(OC(=O)c4ccc(Cl)cc4)cc3)c(=O)n2[C@H]1c1ccccc1. The summed E-state index contributed by atoms with van der Waals surface area (Å²) in [6.45, 7) is 3.71. The molecule has 1 aliphatic rings. The third-order valence-electron chi connectivity index (χ3n) is 6.10. The van der Waals surface area contributed by atoms with E-state index in [0.717, 1.165) is 11.1 Å². The average Bonchev–Trinajstić information content (AvgIpc) is 3.23. The summed E-state index contributed by atoms with van der Waals surface area (Å²) in [6, 6.07) is 22.0. The second-order valence-corrected chi connectivity index (χ2v) is 10.1. The van der Waals surface area contributed by atoms with Gasteiger partial charge in [0, 0.05) is 5.02 Å². The molecule has 5 rings (SSSR count). The minimum Gasteiger partial charge on any atom is -0.463 e. The Hall–Kier alpha value is -4.27. The summed E-state index contributed by atoms with van der Waals surface area (Å²) < 4.78 is 12.8. The standard InChI is InChI=1S/C30H23ClN2O5S/c1-3-37-29(36)25-18(2)32-30-33(26(25)20-7-5-4-6-8-20)27(34)24(39-30)17-19-9-15-23(16-10-19)38-28(35)21-11-13-22(31)14-12-21/h4-17,26H,3H2,1-2H3/t26-/m0/s1. The first-order valence-corrected chi connectivity index (χ1v) is 13.4. The lowest BCUT2D eigenvalue weighted by Gasteiger charge is -2.24. The number of aromatic nitrogens is 1. The van der Waals surface area contributed by atoms with Gasteiger partial charge in [-0.25, -0.2) is 14.6 Å². The minimum absolute atomic E-state index is 0.215. The van der Waals surface area contributed by atoms with E-state index in [0.29, 0.717) is 36.9 Å². The zero-order valence-corrected chi connectivity index (χ0v) is 22.7. The summed E-state index contributed by atoms with van der Waals surface area (Å²) in [4.78, 5) is 44.0. The van der Waals surface area contributed by atoms with Gasteiger partial charge in [0.15, 0.2) is 4.80 Å². The number of thiazole rings is 1. The van der Waals surface area contributed by atoms with Crippen LogP contribution < -0.4 is 19.6 Å². The molecule has 196 valence electrons. The fourth-order valence-electron chi connectivity index (χ4n) is 4.28. The Labute approximate surface area is 232 Å². The molecule has 3 aromatic carbocycles. The van der Waals surface area contributed by atoms with E-state index in [1.165, 1.54) is 11.3 Å². The molecule has 0 saturated carbocycles. The third-order valence-corrected chi connectivity index (χ3v) is 7.34. The van der Waals surface area contributed by atoms with Crippen molar-refractivity contribution < 1.29 is 19.1 Å². The molecule has 2 heterocycles. The first-order valence-electron chi connectivity index (χ1n) is 12.2. The highest BCUT2D eigenvalue weighted by Crippen LogP contribution is 2.30. The van der Waals surface area contributed by atoms with E-state index < -0.39 is 18.0 Å². The number of benzene rings is 3. The molecule has 4 aromatic rings. The Morgan fingerprint density at radius 2 is 1.69 bits per heavy atom. The molecule has 9 heteroatoms. The van der Waals surface area contributed by atoms with Gasteiger partial charge < -0.3 is 9.47 Å². The molecule has 0 bridgehead atoms. The van der Waals surface area contributed by atoms with E-state index in [9.17, 15) is 14.4 Å². The minimum atomic E-state index is -0.654. The maximum absolute atomic E-state index is 13.7. The van der Waals surface area contributed by atoms with E-state index in [2.05, 4.69) is 4.99 Å². The molecular formula is C30H23ClN2O5S. The van der Waals surface area contributed by atoms with Crippen LogP contribution in [-0.4, -0.2) is 23.1 Å². The van der Waals surface area contributed by atoms with Gasteiger partial charge in [0.1, 0.15) is 5.75 Å². The average molecular weight is 559 g/mol. The Morgan fingerprint density at radius 1 is 1.00 bits per heavy atom. The van der Waals surface area contributed by atoms with Crippen LogP contribution in [0.3, 0.4) is 0 Å². The second kappa shape index (κ2) is 11.2. The van der Waals surface area contributed by atoms with Crippen LogP contribution in [0, 0.1) is 0 Å². The third kappa shape index (κ3) is 5.48. The first-order chi connectivity index (χ1) is 18.9. The summed E-state index contributed by atoms with van der Waals surface area (Å²) in [6.07, 6.45) is 1.75. The maximum atomic E-state index is 13.7. The predicted molar refractivity (Wildman–Crippen MR) is 150 cm³/mol. The van der Waals surface area contributed by atoms with Crippen LogP contribution in [0.1, 0.15) is 41.4 Å². The number of halogens is 1. The van der Waals surface area contributed by atoms with E-state index in [4.69, 9.17) is 21.1 Å². The van der Waals surface area contributed by atoms with Crippen LogP contribution in [0.2, 0.25) is 5.02 Å². The first kappa shape index (κ1) is 26.3. The largest absolute Gasteiger partial charge is 0.463 e. The van der Waals surface area contributed by atoms with Crippen molar-refractivity contribution in [3.63, 3.8) is 0 Å². The van der Waals surface area contributed by atoms with Gasteiger partial charge in [-0.2, -0.15) is 0 Å². The highest BCUT2D eigenvalue weighted by atomic mass is 35.5. The number of ether oxygens (including phenoxy) is 2. The Balaban J connectivity index is 1.49. The van der Waals surface area contributed by atoms with Gasteiger partial charge in [0.2, 0.25) is 0 Å². The Morgan fingerprint density at radius 3 is 2.36 bits per heavy atom. The molecule has 0 spiro atoms. The van der Waals surface area contributed by atoms with Crippen LogP contribution in [0.25, 0.3) is 6.08 Å². The highest BCUT2D eigenvalue weighted by Gasteiger charge is 2.33. The topological polar surface area (TPSA) is 87.0 Å². The van der Waals surface area contributed by atoms with Gasteiger partial charge in [0.05, 0.1) is 34.0 Å². The van der Waals surface area contributed by atoms with Crippen LogP contribution >= 0.6 is 22.9 Å². The number of carbonyl (C=O) groups excluding carboxylic acids is 2. The Bertz CT molecular complexity index is 1760. The molecule has 1 aromatic heterocycles. The van der Waals surface area contributed by atoms with E-state index in [1.807, 2.05) is 30.3 Å². The molecule has 39 heavy (non-hydrogen) atoms. The van der Waals surface area contributed by atoms with Crippen molar-refractivity contribution in [1.82, 2.24) is 4.57 Å². The Kier molecular flexibility index (Phi) is 7.58. The van der Waals surface area contributed by atoms with E-state index >= 15 is 0 Å². The molecule has 0 radical (unpaired) electrons. The van der Waals surface area contributed by atoms with Gasteiger partial charge in [-0.3, -0.25) is 9.36 Å².